The van der Waals surface area contributed by atoms with Crippen molar-refractivity contribution in [3.63, 3.8) is 0 Å². The highest BCUT2D eigenvalue weighted by atomic mass is 32.1. The van der Waals surface area contributed by atoms with Crippen molar-refractivity contribution in [2.75, 3.05) is 7.11 Å². The summed E-state index contributed by atoms with van der Waals surface area (Å²) >= 11 is 4.55. The minimum atomic E-state index is -0.0910. The Morgan fingerprint density at radius 2 is 1.85 bits per heavy atom. The summed E-state index contributed by atoms with van der Waals surface area (Å²) in [6.45, 7) is 5.89. The van der Waals surface area contributed by atoms with Gasteiger partial charge in [-0.25, -0.2) is 4.98 Å². The number of aryl methyl sites for hydroxylation is 3. The van der Waals surface area contributed by atoms with Gasteiger partial charge in [0, 0.05) is 16.0 Å². The molecule has 0 unspecified atom stereocenters. The lowest BCUT2D eigenvalue weighted by Crippen LogP contribution is -2.09. The van der Waals surface area contributed by atoms with Crippen molar-refractivity contribution in [2.24, 2.45) is 0 Å². The van der Waals surface area contributed by atoms with Crippen molar-refractivity contribution in [1.29, 1.82) is 0 Å². The summed E-state index contributed by atoms with van der Waals surface area (Å²) in [6, 6.07) is 7.77. The third-order valence-electron chi connectivity index (χ3n) is 4.93. The van der Waals surface area contributed by atoms with Gasteiger partial charge in [-0.2, -0.15) is 0 Å². The Balaban J connectivity index is 2.01. The molecule has 0 radical (unpaired) electrons. The highest BCUT2D eigenvalue weighted by Gasteiger charge is 2.16. The van der Waals surface area contributed by atoms with Gasteiger partial charge < -0.3 is 14.7 Å². The molecule has 2 N–H and O–H groups in total. The SMILES string of the molecule is COc1c(-c2nc3cc4c(C)c(C)[nH]c(=O)c4cc3[nH]2)ccc(C)c1S. The maximum atomic E-state index is 12.3. The van der Waals surface area contributed by atoms with E-state index in [1.54, 1.807) is 7.11 Å². The second-order valence-corrected chi connectivity index (χ2v) is 6.96. The summed E-state index contributed by atoms with van der Waals surface area (Å²) in [5.74, 6) is 1.37. The van der Waals surface area contributed by atoms with E-state index in [-0.39, 0.29) is 5.56 Å². The molecule has 0 aliphatic carbocycles. The minimum absolute atomic E-state index is 0.0910. The van der Waals surface area contributed by atoms with Gasteiger partial charge in [0.05, 0.1) is 23.7 Å². The van der Waals surface area contributed by atoms with Crippen molar-refractivity contribution < 1.29 is 4.74 Å². The molecule has 4 rings (SSSR count). The molecule has 0 saturated carbocycles. The lowest BCUT2D eigenvalue weighted by atomic mass is 10.1. The van der Waals surface area contributed by atoms with Crippen LogP contribution in [0.15, 0.2) is 34.0 Å². The van der Waals surface area contributed by atoms with Gasteiger partial charge in [-0.05, 0) is 55.5 Å². The van der Waals surface area contributed by atoms with Gasteiger partial charge in [0.1, 0.15) is 11.6 Å². The fourth-order valence-corrected chi connectivity index (χ4v) is 3.56. The number of ether oxygens (including phenoxy) is 1. The number of benzene rings is 2. The topological polar surface area (TPSA) is 70.8 Å². The molecule has 0 atom stereocenters. The van der Waals surface area contributed by atoms with Crippen LogP contribution in [0.2, 0.25) is 0 Å². The van der Waals surface area contributed by atoms with E-state index >= 15 is 0 Å². The van der Waals surface area contributed by atoms with Crippen molar-refractivity contribution in [3.05, 3.63) is 51.4 Å². The summed E-state index contributed by atoms with van der Waals surface area (Å²) < 4.78 is 5.55. The van der Waals surface area contributed by atoms with Crippen LogP contribution >= 0.6 is 12.6 Å². The highest BCUT2D eigenvalue weighted by Crippen LogP contribution is 2.37. The van der Waals surface area contributed by atoms with Crippen LogP contribution in [0.5, 0.6) is 5.75 Å². The fraction of sp³-hybridized carbons (Fsp3) is 0.200. The molecule has 0 bridgehead atoms. The molecule has 0 aliphatic rings. The van der Waals surface area contributed by atoms with Gasteiger partial charge in [-0.3, -0.25) is 4.79 Å². The number of hydrogen-bond donors (Lipinski definition) is 3. The Hall–Kier alpha value is -2.73. The summed E-state index contributed by atoms with van der Waals surface area (Å²) in [5, 5.41) is 1.57. The Bertz CT molecular complexity index is 1240. The Labute approximate surface area is 155 Å². The summed E-state index contributed by atoms with van der Waals surface area (Å²) in [7, 11) is 1.63. The van der Waals surface area contributed by atoms with Crippen LogP contribution in [0, 0.1) is 20.8 Å². The van der Waals surface area contributed by atoms with Crippen LogP contribution in [-0.2, 0) is 0 Å². The summed E-state index contributed by atoms with van der Waals surface area (Å²) in [4.78, 5) is 24.1. The van der Waals surface area contributed by atoms with Gasteiger partial charge >= 0.3 is 0 Å². The quantitative estimate of drug-likeness (QED) is 0.464. The third kappa shape index (κ3) is 2.41. The molecule has 2 aromatic heterocycles. The first-order chi connectivity index (χ1) is 12.4. The Morgan fingerprint density at radius 1 is 1.08 bits per heavy atom. The molecule has 0 amide bonds. The molecular formula is C20H19N3O2S. The van der Waals surface area contributed by atoms with Gasteiger partial charge in [-0.15, -0.1) is 12.6 Å². The third-order valence-corrected chi connectivity index (χ3v) is 5.48. The average molecular weight is 365 g/mol. The summed E-state index contributed by atoms with van der Waals surface area (Å²) in [6.07, 6.45) is 0. The number of rotatable bonds is 2. The predicted molar refractivity (Wildman–Crippen MR) is 108 cm³/mol. The van der Waals surface area contributed by atoms with Crippen molar-refractivity contribution in [1.82, 2.24) is 15.0 Å². The molecular weight excluding hydrogens is 346 g/mol. The zero-order chi connectivity index (χ0) is 18.6. The van der Waals surface area contributed by atoms with E-state index in [2.05, 4.69) is 22.6 Å². The number of hydrogen-bond acceptors (Lipinski definition) is 4. The summed E-state index contributed by atoms with van der Waals surface area (Å²) in [5.41, 5.74) is 5.33. The van der Waals surface area contributed by atoms with Crippen LogP contribution in [0.4, 0.5) is 0 Å². The fourth-order valence-electron chi connectivity index (χ4n) is 3.28. The molecule has 4 aromatic rings. The van der Waals surface area contributed by atoms with E-state index in [1.807, 2.05) is 45.0 Å². The van der Waals surface area contributed by atoms with Crippen molar-refractivity contribution in [3.8, 4) is 17.1 Å². The van der Waals surface area contributed by atoms with E-state index in [9.17, 15) is 4.79 Å². The molecule has 0 saturated heterocycles. The molecule has 6 heteroatoms. The Kier molecular flexibility index (Phi) is 3.80. The number of aromatic amines is 2. The molecule has 26 heavy (non-hydrogen) atoms. The second-order valence-electron chi connectivity index (χ2n) is 6.52. The van der Waals surface area contributed by atoms with Gasteiger partial charge in [0.25, 0.3) is 5.56 Å². The standard InChI is InChI=1S/C20H19N3O2S/c1-9-5-6-12(17(25-4)18(9)26)19-22-15-7-13-10(2)11(3)21-20(24)14(13)8-16(15)23-19/h5-8,26H,1-4H3,(H,21,24)(H,22,23). The maximum Gasteiger partial charge on any atom is 0.256 e. The number of fused-ring (bicyclic) bond motifs is 2. The number of pyridine rings is 1. The number of imidazole rings is 1. The lowest BCUT2D eigenvalue weighted by Gasteiger charge is -2.10. The van der Waals surface area contributed by atoms with Crippen LogP contribution < -0.4 is 10.3 Å². The van der Waals surface area contributed by atoms with Crippen LogP contribution in [0.3, 0.4) is 0 Å². The molecule has 0 fully saturated rings. The van der Waals surface area contributed by atoms with Crippen LogP contribution in [0.25, 0.3) is 33.2 Å². The molecule has 5 nitrogen and oxygen atoms in total. The largest absolute Gasteiger partial charge is 0.495 e. The number of nitrogens with zero attached hydrogens (tertiary/aromatic N) is 1. The van der Waals surface area contributed by atoms with Gasteiger partial charge in [0.2, 0.25) is 0 Å². The first kappa shape index (κ1) is 16.7. The molecule has 2 heterocycles. The highest BCUT2D eigenvalue weighted by molar-refractivity contribution is 7.80. The zero-order valence-corrected chi connectivity index (χ0v) is 15.9. The molecule has 132 valence electrons. The number of aromatic nitrogens is 3. The smallest absolute Gasteiger partial charge is 0.256 e. The zero-order valence-electron chi connectivity index (χ0n) is 15.0. The first-order valence-corrected chi connectivity index (χ1v) is 8.75. The number of methoxy groups -OCH3 is 1. The van der Waals surface area contributed by atoms with Crippen molar-refractivity contribution in [2.45, 2.75) is 25.7 Å². The van der Waals surface area contributed by atoms with Crippen LogP contribution in [-0.4, -0.2) is 22.1 Å². The second kappa shape index (κ2) is 5.92. The molecule has 2 aromatic carbocycles. The molecule has 0 spiro atoms. The minimum Gasteiger partial charge on any atom is -0.495 e. The Morgan fingerprint density at radius 3 is 2.58 bits per heavy atom. The van der Waals surface area contributed by atoms with E-state index < -0.39 is 0 Å². The normalized spacial score (nSPS) is 11.4. The van der Waals surface area contributed by atoms with Gasteiger partial charge in [-0.1, -0.05) is 6.07 Å². The van der Waals surface area contributed by atoms with E-state index in [4.69, 9.17) is 9.72 Å². The van der Waals surface area contributed by atoms with Crippen molar-refractivity contribution >= 4 is 34.4 Å². The van der Waals surface area contributed by atoms with E-state index in [0.717, 1.165) is 43.7 Å². The average Bonchev–Trinajstić information content (AvgIpc) is 3.03. The van der Waals surface area contributed by atoms with E-state index in [0.29, 0.717) is 17.0 Å². The van der Waals surface area contributed by atoms with E-state index in [1.165, 1.54) is 0 Å². The number of thiol groups is 1. The number of H-pyrrole nitrogens is 2. The predicted octanol–water partition coefficient (Wildman–Crippen LogP) is 4.29. The molecule has 0 aliphatic heterocycles. The monoisotopic (exact) mass is 365 g/mol. The number of nitrogens with one attached hydrogen (secondary N) is 2. The maximum absolute atomic E-state index is 12.3. The first-order valence-electron chi connectivity index (χ1n) is 8.30. The van der Waals surface area contributed by atoms with Crippen LogP contribution in [0.1, 0.15) is 16.8 Å². The van der Waals surface area contributed by atoms with Gasteiger partial charge in [0.15, 0.2) is 0 Å². The lowest BCUT2D eigenvalue weighted by molar-refractivity contribution is 0.406.